The van der Waals surface area contributed by atoms with Gasteiger partial charge in [0.05, 0.1) is 5.56 Å². The molecule has 1 amide bonds. The van der Waals surface area contributed by atoms with Crippen LogP contribution in [0.5, 0.6) is 0 Å². The molecule has 0 aliphatic carbocycles. The fourth-order valence-corrected chi connectivity index (χ4v) is 2.17. The van der Waals surface area contributed by atoms with Crippen molar-refractivity contribution < 1.29 is 9.18 Å². The molecule has 24 heavy (non-hydrogen) atoms. The fourth-order valence-electron chi connectivity index (χ4n) is 2.17. The van der Waals surface area contributed by atoms with E-state index in [2.05, 4.69) is 20.8 Å². The highest BCUT2D eigenvalue weighted by molar-refractivity contribution is 6.03. The van der Waals surface area contributed by atoms with Gasteiger partial charge < -0.3 is 10.6 Å². The minimum Gasteiger partial charge on any atom is -0.339 e. The van der Waals surface area contributed by atoms with Gasteiger partial charge in [-0.15, -0.1) is 10.2 Å². The van der Waals surface area contributed by atoms with Crippen LogP contribution >= 0.6 is 0 Å². The van der Waals surface area contributed by atoms with Gasteiger partial charge >= 0.3 is 0 Å². The summed E-state index contributed by atoms with van der Waals surface area (Å²) in [5.41, 5.74) is 1.98. The summed E-state index contributed by atoms with van der Waals surface area (Å²) in [6.07, 6.45) is 0. The number of aryl methyl sites for hydroxylation is 1. The van der Waals surface area contributed by atoms with E-state index in [4.69, 9.17) is 0 Å². The van der Waals surface area contributed by atoms with Crippen LogP contribution in [0.1, 0.15) is 15.9 Å². The molecule has 1 heterocycles. The molecule has 3 rings (SSSR count). The minimum atomic E-state index is -0.583. The van der Waals surface area contributed by atoms with Crippen LogP contribution in [0.4, 0.5) is 21.7 Å². The van der Waals surface area contributed by atoms with E-state index in [1.54, 1.807) is 18.2 Å². The van der Waals surface area contributed by atoms with Crippen molar-refractivity contribution in [2.75, 3.05) is 10.6 Å². The number of amides is 1. The Morgan fingerprint density at radius 1 is 0.958 bits per heavy atom. The average molecular weight is 322 g/mol. The van der Waals surface area contributed by atoms with Crippen molar-refractivity contribution in [3.8, 4) is 0 Å². The zero-order chi connectivity index (χ0) is 16.9. The molecule has 0 unspecified atom stereocenters. The van der Waals surface area contributed by atoms with Crippen molar-refractivity contribution in [1.29, 1.82) is 0 Å². The van der Waals surface area contributed by atoms with E-state index in [-0.39, 0.29) is 11.4 Å². The number of benzene rings is 2. The molecule has 0 aliphatic rings. The maximum atomic E-state index is 13.6. The Kier molecular flexibility index (Phi) is 4.47. The largest absolute Gasteiger partial charge is 0.339 e. The Labute approximate surface area is 138 Å². The summed E-state index contributed by atoms with van der Waals surface area (Å²) in [6, 6.07) is 16.9. The second-order valence-electron chi connectivity index (χ2n) is 5.23. The maximum Gasteiger partial charge on any atom is 0.259 e. The monoisotopic (exact) mass is 322 g/mol. The number of carbonyl (C=O) groups is 1. The molecule has 0 atom stereocenters. The van der Waals surface area contributed by atoms with Crippen molar-refractivity contribution >= 4 is 23.2 Å². The zero-order valence-corrected chi connectivity index (χ0v) is 13.0. The maximum absolute atomic E-state index is 13.6. The van der Waals surface area contributed by atoms with Crippen molar-refractivity contribution in [3.63, 3.8) is 0 Å². The lowest BCUT2D eigenvalue weighted by Crippen LogP contribution is -2.15. The summed E-state index contributed by atoms with van der Waals surface area (Å²) in [6.45, 7) is 2.00. The number of aromatic nitrogens is 2. The third-order valence-electron chi connectivity index (χ3n) is 3.32. The molecule has 0 saturated heterocycles. The second kappa shape index (κ2) is 6.87. The number of halogens is 1. The third kappa shape index (κ3) is 3.73. The van der Waals surface area contributed by atoms with Crippen LogP contribution in [0.25, 0.3) is 0 Å². The summed E-state index contributed by atoms with van der Waals surface area (Å²) in [4.78, 5) is 12.0. The van der Waals surface area contributed by atoms with Gasteiger partial charge in [-0.05, 0) is 48.9 Å². The molecular weight excluding hydrogens is 307 g/mol. The third-order valence-corrected chi connectivity index (χ3v) is 3.32. The highest BCUT2D eigenvalue weighted by atomic mass is 19.1. The summed E-state index contributed by atoms with van der Waals surface area (Å²) >= 11 is 0. The van der Waals surface area contributed by atoms with Crippen LogP contribution in [0, 0.1) is 12.7 Å². The van der Waals surface area contributed by atoms with Crippen LogP contribution in [0.2, 0.25) is 0 Å². The molecule has 0 saturated carbocycles. The highest BCUT2D eigenvalue weighted by Gasteiger charge is 2.11. The lowest BCUT2D eigenvalue weighted by atomic mass is 10.2. The van der Waals surface area contributed by atoms with E-state index >= 15 is 0 Å². The molecule has 6 heteroatoms. The number of anilines is 3. The average Bonchev–Trinajstić information content (AvgIpc) is 2.57. The van der Waals surface area contributed by atoms with Crippen LogP contribution in [-0.4, -0.2) is 16.1 Å². The van der Waals surface area contributed by atoms with E-state index in [0.717, 1.165) is 11.3 Å². The highest BCUT2D eigenvalue weighted by Crippen LogP contribution is 2.16. The summed E-state index contributed by atoms with van der Waals surface area (Å²) in [7, 11) is 0. The van der Waals surface area contributed by atoms with Gasteiger partial charge in [-0.3, -0.25) is 4.79 Å². The molecule has 0 bridgehead atoms. The standard InChI is InChI=1S/C18H15FN4O/c1-12-5-4-6-13(11-12)20-16-9-10-17(23-22-16)21-18(24)14-7-2-3-8-15(14)19/h2-11H,1H3,(H,20,22)(H,21,23,24). The van der Waals surface area contributed by atoms with Gasteiger partial charge in [0.15, 0.2) is 11.6 Å². The Balaban J connectivity index is 1.68. The molecule has 0 aliphatic heterocycles. The SMILES string of the molecule is Cc1cccc(Nc2ccc(NC(=O)c3ccccc3F)nn2)c1. The number of hydrogen-bond acceptors (Lipinski definition) is 4. The molecule has 0 fully saturated rings. The van der Waals surface area contributed by atoms with E-state index in [1.807, 2.05) is 31.2 Å². The van der Waals surface area contributed by atoms with E-state index in [0.29, 0.717) is 5.82 Å². The first-order valence-electron chi connectivity index (χ1n) is 7.35. The van der Waals surface area contributed by atoms with Crippen molar-refractivity contribution in [2.24, 2.45) is 0 Å². The van der Waals surface area contributed by atoms with Crippen LogP contribution in [0.15, 0.2) is 60.7 Å². The Bertz CT molecular complexity index is 865. The van der Waals surface area contributed by atoms with Crippen LogP contribution < -0.4 is 10.6 Å². The topological polar surface area (TPSA) is 66.9 Å². The molecular formula is C18H15FN4O. The number of nitrogens with one attached hydrogen (secondary N) is 2. The first-order valence-corrected chi connectivity index (χ1v) is 7.35. The molecule has 2 N–H and O–H groups in total. The summed E-state index contributed by atoms with van der Waals surface area (Å²) < 4.78 is 13.6. The zero-order valence-electron chi connectivity index (χ0n) is 13.0. The van der Waals surface area contributed by atoms with E-state index < -0.39 is 11.7 Å². The summed E-state index contributed by atoms with van der Waals surface area (Å²) in [5.74, 6) is -0.356. The minimum absolute atomic E-state index is 0.0405. The molecule has 3 aromatic rings. The second-order valence-corrected chi connectivity index (χ2v) is 5.23. The first kappa shape index (κ1) is 15.6. The van der Waals surface area contributed by atoms with Crippen LogP contribution in [-0.2, 0) is 0 Å². The van der Waals surface area contributed by atoms with E-state index in [9.17, 15) is 9.18 Å². The predicted molar refractivity (Wildman–Crippen MR) is 90.8 cm³/mol. The van der Waals surface area contributed by atoms with Gasteiger partial charge in [0.1, 0.15) is 5.82 Å². The molecule has 2 aromatic carbocycles. The van der Waals surface area contributed by atoms with Gasteiger partial charge in [-0.2, -0.15) is 0 Å². The normalized spacial score (nSPS) is 10.2. The number of rotatable bonds is 4. The van der Waals surface area contributed by atoms with Crippen molar-refractivity contribution in [3.05, 3.63) is 77.6 Å². The Morgan fingerprint density at radius 3 is 2.42 bits per heavy atom. The molecule has 0 spiro atoms. The molecule has 0 radical (unpaired) electrons. The smallest absolute Gasteiger partial charge is 0.259 e. The number of nitrogens with zero attached hydrogens (tertiary/aromatic N) is 2. The van der Waals surface area contributed by atoms with E-state index in [1.165, 1.54) is 18.2 Å². The van der Waals surface area contributed by atoms with Crippen molar-refractivity contribution in [1.82, 2.24) is 10.2 Å². The first-order chi connectivity index (χ1) is 11.6. The van der Waals surface area contributed by atoms with Gasteiger partial charge in [-0.1, -0.05) is 24.3 Å². The lowest BCUT2D eigenvalue weighted by Gasteiger charge is -2.07. The lowest BCUT2D eigenvalue weighted by molar-refractivity contribution is 0.102. The van der Waals surface area contributed by atoms with Gasteiger partial charge in [0.25, 0.3) is 5.91 Å². The Morgan fingerprint density at radius 2 is 1.71 bits per heavy atom. The number of carbonyl (C=O) groups excluding carboxylic acids is 1. The quantitative estimate of drug-likeness (QED) is 0.764. The number of hydrogen-bond donors (Lipinski definition) is 2. The molecule has 5 nitrogen and oxygen atoms in total. The predicted octanol–water partition coefficient (Wildman–Crippen LogP) is 3.92. The fraction of sp³-hybridized carbons (Fsp3) is 0.0556. The molecule has 1 aromatic heterocycles. The molecule has 120 valence electrons. The van der Waals surface area contributed by atoms with Crippen molar-refractivity contribution in [2.45, 2.75) is 6.92 Å². The van der Waals surface area contributed by atoms with Crippen LogP contribution in [0.3, 0.4) is 0 Å². The summed E-state index contributed by atoms with van der Waals surface area (Å²) in [5, 5.41) is 13.6. The Hall–Kier alpha value is -3.28. The van der Waals surface area contributed by atoms with Gasteiger partial charge in [-0.25, -0.2) is 4.39 Å². The van der Waals surface area contributed by atoms with Gasteiger partial charge in [0, 0.05) is 5.69 Å². The van der Waals surface area contributed by atoms with Gasteiger partial charge in [0.2, 0.25) is 0 Å².